The molecule has 0 radical (unpaired) electrons. The number of hydrogen-bond acceptors (Lipinski definition) is 1. The van der Waals surface area contributed by atoms with E-state index in [2.05, 4.69) is 0 Å². The molecule has 2 heteroatoms. The van der Waals surface area contributed by atoms with E-state index in [-0.39, 0.29) is 11.9 Å². The van der Waals surface area contributed by atoms with Gasteiger partial charge in [0, 0.05) is 6.04 Å². The first-order valence-electron chi connectivity index (χ1n) is 4.73. The summed E-state index contributed by atoms with van der Waals surface area (Å²) < 4.78 is 13.3. The van der Waals surface area contributed by atoms with Gasteiger partial charge in [0.25, 0.3) is 0 Å². The lowest BCUT2D eigenvalue weighted by atomic mass is 9.97. The molecule has 1 rings (SSSR count). The van der Waals surface area contributed by atoms with Crippen LogP contribution in [0.3, 0.4) is 0 Å². The van der Waals surface area contributed by atoms with E-state index < -0.39 is 0 Å². The highest BCUT2D eigenvalue weighted by atomic mass is 19.1. The summed E-state index contributed by atoms with van der Waals surface area (Å²) >= 11 is 0. The molecule has 0 fully saturated rings. The van der Waals surface area contributed by atoms with Crippen LogP contribution in [0.1, 0.15) is 37.4 Å². The van der Waals surface area contributed by atoms with E-state index in [4.69, 9.17) is 5.73 Å². The van der Waals surface area contributed by atoms with Crippen LogP contribution in [0, 0.1) is 5.82 Å². The van der Waals surface area contributed by atoms with Crippen molar-refractivity contribution in [2.45, 2.75) is 32.7 Å². The summed E-state index contributed by atoms with van der Waals surface area (Å²) in [6.45, 7) is 3.96. The molecule has 1 atom stereocenters. The highest BCUT2D eigenvalue weighted by Gasteiger charge is 2.10. The van der Waals surface area contributed by atoms with Gasteiger partial charge < -0.3 is 5.73 Å². The zero-order chi connectivity index (χ0) is 9.84. The molecule has 1 aromatic rings. The second kappa shape index (κ2) is 4.38. The third kappa shape index (κ3) is 2.07. The van der Waals surface area contributed by atoms with E-state index in [1.54, 1.807) is 6.07 Å². The van der Waals surface area contributed by atoms with Crippen LogP contribution in [0.25, 0.3) is 0 Å². The molecule has 0 aliphatic heterocycles. The molecule has 0 aromatic heterocycles. The predicted octanol–water partition coefficient (Wildman–Crippen LogP) is 2.80. The van der Waals surface area contributed by atoms with E-state index in [0.29, 0.717) is 6.42 Å². The second-order valence-corrected chi connectivity index (χ2v) is 3.18. The summed E-state index contributed by atoms with van der Waals surface area (Å²) in [7, 11) is 0. The zero-order valence-electron chi connectivity index (χ0n) is 8.18. The topological polar surface area (TPSA) is 26.0 Å². The highest BCUT2D eigenvalue weighted by Crippen LogP contribution is 2.21. The monoisotopic (exact) mass is 181 g/mol. The van der Waals surface area contributed by atoms with Crippen LogP contribution in [0.15, 0.2) is 18.2 Å². The Bertz CT molecular complexity index is 283. The van der Waals surface area contributed by atoms with Crippen LogP contribution in [-0.2, 0) is 6.42 Å². The predicted molar refractivity (Wildman–Crippen MR) is 53.0 cm³/mol. The minimum atomic E-state index is -0.135. The van der Waals surface area contributed by atoms with Gasteiger partial charge in [-0.15, -0.1) is 0 Å². The lowest BCUT2D eigenvalue weighted by Gasteiger charge is -2.14. The molecule has 1 unspecified atom stereocenters. The molecule has 0 saturated carbocycles. The average Bonchev–Trinajstić information content (AvgIpc) is 2.16. The summed E-state index contributed by atoms with van der Waals surface area (Å²) in [5.74, 6) is -0.135. The van der Waals surface area contributed by atoms with Crippen molar-refractivity contribution >= 4 is 0 Å². The Hall–Kier alpha value is -0.890. The largest absolute Gasteiger partial charge is 0.324 e. The van der Waals surface area contributed by atoms with Crippen molar-refractivity contribution in [1.29, 1.82) is 0 Å². The molecule has 1 aromatic carbocycles. The van der Waals surface area contributed by atoms with Crippen LogP contribution in [0.2, 0.25) is 0 Å². The Labute approximate surface area is 78.8 Å². The van der Waals surface area contributed by atoms with Crippen molar-refractivity contribution in [3.8, 4) is 0 Å². The van der Waals surface area contributed by atoms with Gasteiger partial charge in [-0.1, -0.05) is 26.0 Å². The minimum absolute atomic E-state index is 0.0364. The summed E-state index contributed by atoms with van der Waals surface area (Å²) in [6, 6.07) is 5.09. The lowest BCUT2D eigenvalue weighted by molar-refractivity contribution is 0.597. The first-order valence-corrected chi connectivity index (χ1v) is 4.73. The van der Waals surface area contributed by atoms with Gasteiger partial charge in [-0.25, -0.2) is 4.39 Å². The fourth-order valence-corrected chi connectivity index (χ4v) is 1.52. The van der Waals surface area contributed by atoms with Crippen molar-refractivity contribution in [2.24, 2.45) is 5.73 Å². The van der Waals surface area contributed by atoms with Crippen LogP contribution < -0.4 is 5.73 Å². The molecular formula is C11H16FN. The fraction of sp³-hybridized carbons (Fsp3) is 0.455. The standard InChI is InChI=1S/C11H16FN/c1-3-8-9(11(13)4-2)6-5-7-10(8)12/h5-7,11H,3-4,13H2,1-2H3. The summed E-state index contributed by atoms with van der Waals surface area (Å²) in [5.41, 5.74) is 7.58. The summed E-state index contributed by atoms with van der Waals surface area (Å²) in [6.07, 6.45) is 1.55. The SMILES string of the molecule is CCc1c(F)cccc1C(N)CC. The van der Waals surface area contributed by atoms with Crippen molar-refractivity contribution in [1.82, 2.24) is 0 Å². The maximum absolute atomic E-state index is 13.3. The van der Waals surface area contributed by atoms with Crippen molar-refractivity contribution < 1.29 is 4.39 Å². The number of hydrogen-bond donors (Lipinski definition) is 1. The molecule has 0 aliphatic rings. The lowest BCUT2D eigenvalue weighted by Crippen LogP contribution is -2.12. The van der Waals surface area contributed by atoms with Gasteiger partial charge in [-0.05, 0) is 30.0 Å². The Morgan fingerprint density at radius 3 is 2.62 bits per heavy atom. The maximum Gasteiger partial charge on any atom is 0.126 e. The average molecular weight is 181 g/mol. The number of halogens is 1. The second-order valence-electron chi connectivity index (χ2n) is 3.18. The van der Waals surface area contributed by atoms with Gasteiger partial charge in [-0.2, -0.15) is 0 Å². The van der Waals surface area contributed by atoms with E-state index >= 15 is 0 Å². The Kier molecular flexibility index (Phi) is 3.43. The van der Waals surface area contributed by atoms with E-state index in [1.165, 1.54) is 6.07 Å². The maximum atomic E-state index is 13.3. The molecule has 13 heavy (non-hydrogen) atoms. The van der Waals surface area contributed by atoms with E-state index in [9.17, 15) is 4.39 Å². The third-order valence-electron chi connectivity index (χ3n) is 2.35. The summed E-state index contributed by atoms with van der Waals surface area (Å²) in [4.78, 5) is 0. The van der Waals surface area contributed by atoms with Crippen molar-refractivity contribution in [3.05, 3.63) is 35.1 Å². The molecule has 72 valence electrons. The van der Waals surface area contributed by atoms with Crippen molar-refractivity contribution in [2.75, 3.05) is 0 Å². The van der Waals surface area contributed by atoms with Crippen LogP contribution >= 0.6 is 0 Å². The van der Waals surface area contributed by atoms with Gasteiger partial charge >= 0.3 is 0 Å². The summed E-state index contributed by atoms with van der Waals surface area (Å²) in [5, 5.41) is 0. The third-order valence-corrected chi connectivity index (χ3v) is 2.35. The minimum Gasteiger partial charge on any atom is -0.324 e. The van der Waals surface area contributed by atoms with Gasteiger partial charge in [0.05, 0.1) is 0 Å². The number of benzene rings is 1. The normalized spacial score (nSPS) is 12.9. The molecule has 0 bridgehead atoms. The first-order chi connectivity index (χ1) is 6.20. The van der Waals surface area contributed by atoms with Crippen LogP contribution in [0.5, 0.6) is 0 Å². The molecule has 0 amide bonds. The van der Waals surface area contributed by atoms with Crippen LogP contribution in [0.4, 0.5) is 4.39 Å². The first kappa shape index (κ1) is 10.2. The number of nitrogens with two attached hydrogens (primary N) is 1. The molecule has 0 spiro atoms. The molecule has 2 N–H and O–H groups in total. The van der Waals surface area contributed by atoms with Gasteiger partial charge in [0.15, 0.2) is 0 Å². The molecule has 0 heterocycles. The molecule has 0 aliphatic carbocycles. The van der Waals surface area contributed by atoms with Gasteiger partial charge in [0.1, 0.15) is 5.82 Å². The Balaban J connectivity index is 3.12. The van der Waals surface area contributed by atoms with Crippen molar-refractivity contribution in [3.63, 3.8) is 0 Å². The van der Waals surface area contributed by atoms with Crippen LogP contribution in [-0.4, -0.2) is 0 Å². The van der Waals surface area contributed by atoms with E-state index in [1.807, 2.05) is 19.9 Å². The highest BCUT2D eigenvalue weighted by molar-refractivity contribution is 5.31. The Morgan fingerprint density at radius 1 is 1.38 bits per heavy atom. The molecular weight excluding hydrogens is 165 g/mol. The molecule has 0 saturated heterocycles. The van der Waals surface area contributed by atoms with Gasteiger partial charge in [-0.3, -0.25) is 0 Å². The van der Waals surface area contributed by atoms with E-state index in [0.717, 1.165) is 17.5 Å². The zero-order valence-corrected chi connectivity index (χ0v) is 8.18. The van der Waals surface area contributed by atoms with Gasteiger partial charge in [0.2, 0.25) is 0 Å². The fourth-order valence-electron chi connectivity index (χ4n) is 1.52. The smallest absolute Gasteiger partial charge is 0.126 e. The number of rotatable bonds is 3. The Morgan fingerprint density at radius 2 is 2.08 bits per heavy atom. The quantitative estimate of drug-likeness (QED) is 0.762. The molecule has 1 nitrogen and oxygen atoms in total.